The van der Waals surface area contributed by atoms with Crippen molar-refractivity contribution in [3.8, 4) is 0 Å². The molecule has 3 N–H and O–H groups in total. The lowest BCUT2D eigenvalue weighted by molar-refractivity contribution is -0.151. The molecule has 0 aromatic heterocycles. The van der Waals surface area contributed by atoms with E-state index in [1.165, 1.54) is 161 Å². The summed E-state index contributed by atoms with van der Waals surface area (Å²) in [7, 11) is 0. The zero-order chi connectivity index (χ0) is 47.4. The molecule has 1 amide bonds. The number of carbonyl (C=O) groups is 2. The molecule has 0 aliphatic heterocycles. The van der Waals surface area contributed by atoms with E-state index in [1.54, 1.807) is 0 Å². The molecule has 0 aliphatic rings. The van der Waals surface area contributed by atoms with Crippen molar-refractivity contribution in [2.24, 2.45) is 0 Å². The van der Waals surface area contributed by atoms with Crippen molar-refractivity contribution in [3.05, 3.63) is 48.6 Å². The minimum absolute atomic E-state index is 0.0469. The maximum Gasteiger partial charge on any atom is 0.306 e. The van der Waals surface area contributed by atoms with Crippen LogP contribution in [-0.4, -0.2) is 46.9 Å². The van der Waals surface area contributed by atoms with Crippen molar-refractivity contribution in [2.45, 2.75) is 309 Å². The maximum atomic E-state index is 13.2. The second-order valence-electron chi connectivity index (χ2n) is 19.3. The van der Waals surface area contributed by atoms with Gasteiger partial charge < -0.3 is 20.3 Å². The van der Waals surface area contributed by atoms with Crippen LogP contribution in [0.3, 0.4) is 0 Å². The Kier molecular flexibility index (Phi) is 51.0. The average Bonchev–Trinajstić information content (AvgIpc) is 3.30. The molecule has 380 valence electrons. The standard InChI is InChI=1S/C59H109NO5/c1-4-7-10-13-16-19-22-25-28-29-31-33-36-39-42-45-48-51-57(62)56(54-61)60-58(63)53-55(50-47-44-41-38-35-32-30-26-23-20-17-14-11-8-5-2)65-59(64)52-49-46-43-40-37-34-27-24-21-18-15-12-9-6-3/h17,20,26,30,34-35,37-38,55-57,61-62H,4-16,18-19,21-25,27-29,31-33,36,39-54H2,1-3H3,(H,60,63)/b20-17-,30-26-,37-34-,38-35-. The number of aliphatic hydroxyl groups is 2. The summed E-state index contributed by atoms with van der Waals surface area (Å²) >= 11 is 0. The highest BCUT2D eigenvalue weighted by molar-refractivity contribution is 5.77. The highest BCUT2D eigenvalue weighted by Crippen LogP contribution is 2.18. The minimum atomic E-state index is -0.801. The quantitative estimate of drug-likeness (QED) is 0.0321. The summed E-state index contributed by atoms with van der Waals surface area (Å²) in [5, 5.41) is 23.9. The first kappa shape index (κ1) is 62.8. The maximum absolute atomic E-state index is 13.2. The predicted molar refractivity (Wildman–Crippen MR) is 282 cm³/mol. The molecule has 0 fully saturated rings. The van der Waals surface area contributed by atoms with Crippen LogP contribution in [0.15, 0.2) is 48.6 Å². The van der Waals surface area contributed by atoms with Crippen molar-refractivity contribution >= 4 is 11.9 Å². The van der Waals surface area contributed by atoms with E-state index in [4.69, 9.17) is 4.74 Å². The Labute approximate surface area is 404 Å². The lowest BCUT2D eigenvalue weighted by atomic mass is 10.0. The SMILES string of the molecule is CCCCC/C=C\C/C=C\C/C=C\CCCCC(CC(=O)NC(CO)C(O)CCCCCCCCCCCCCCCCCCC)OC(=O)CCCCC/C=C\CCCCCCCCC. The van der Waals surface area contributed by atoms with Crippen LogP contribution in [0.2, 0.25) is 0 Å². The van der Waals surface area contributed by atoms with Crippen molar-refractivity contribution in [1.82, 2.24) is 5.32 Å². The fraction of sp³-hybridized carbons (Fsp3) is 0.831. The number of carbonyl (C=O) groups excluding carboxylic acids is 2. The first-order chi connectivity index (χ1) is 32.0. The molecule has 3 atom stereocenters. The largest absolute Gasteiger partial charge is 0.462 e. The van der Waals surface area contributed by atoms with Crippen LogP contribution >= 0.6 is 0 Å². The van der Waals surface area contributed by atoms with Gasteiger partial charge >= 0.3 is 5.97 Å². The van der Waals surface area contributed by atoms with Crippen LogP contribution in [0.25, 0.3) is 0 Å². The van der Waals surface area contributed by atoms with Gasteiger partial charge in [0.05, 0.1) is 25.2 Å². The first-order valence-corrected chi connectivity index (χ1v) is 28.4. The molecule has 0 saturated carbocycles. The number of ether oxygens (including phenoxy) is 1. The number of esters is 1. The third-order valence-electron chi connectivity index (χ3n) is 12.9. The van der Waals surface area contributed by atoms with Crippen molar-refractivity contribution < 1.29 is 24.5 Å². The van der Waals surface area contributed by atoms with E-state index in [1.807, 2.05) is 0 Å². The van der Waals surface area contributed by atoms with E-state index in [9.17, 15) is 19.8 Å². The highest BCUT2D eigenvalue weighted by atomic mass is 16.5. The summed E-state index contributed by atoms with van der Waals surface area (Å²) in [6.07, 6.45) is 64.6. The second kappa shape index (κ2) is 52.8. The van der Waals surface area contributed by atoms with Crippen LogP contribution in [0, 0.1) is 0 Å². The molecule has 0 aliphatic carbocycles. The van der Waals surface area contributed by atoms with Crippen molar-refractivity contribution in [2.75, 3.05) is 6.61 Å². The van der Waals surface area contributed by atoms with Gasteiger partial charge in [-0.15, -0.1) is 0 Å². The number of unbranched alkanes of at least 4 members (excludes halogenated alkanes) is 31. The van der Waals surface area contributed by atoms with Gasteiger partial charge in [-0.25, -0.2) is 0 Å². The second-order valence-corrected chi connectivity index (χ2v) is 19.3. The molecule has 65 heavy (non-hydrogen) atoms. The molecular weight excluding hydrogens is 803 g/mol. The summed E-state index contributed by atoms with van der Waals surface area (Å²) < 4.78 is 5.92. The Morgan fingerprint density at radius 1 is 0.446 bits per heavy atom. The minimum Gasteiger partial charge on any atom is -0.462 e. The van der Waals surface area contributed by atoms with Crippen LogP contribution in [0.4, 0.5) is 0 Å². The lowest BCUT2D eigenvalue weighted by Gasteiger charge is -2.24. The number of hydrogen-bond donors (Lipinski definition) is 3. The van der Waals surface area contributed by atoms with Gasteiger partial charge in [0.2, 0.25) is 5.91 Å². The molecule has 0 radical (unpaired) electrons. The number of aliphatic hydroxyl groups excluding tert-OH is 2. The molecule has 0 rings (SSSR count). The van der Waals surface area contributed by atoms with Gasteiger partial charge in [-0.05, 0) is 89.9 Å². The lowest BCUT2D eigenvalue weighted by Crippen LogP contribution is -2.46. The number of hydrogen-bond acceptors (Lipinski definition) is 5. The summed E-state index contributed by atoms with van der Waals surface area (Å²) in [6.45, 7) is 6.46. The van der Waals surface area contributed by atoms with Crippen LogP contribution in [0.5, 0.6) is 0 Å². The summed E-state index contributed by atoms with van der Waals surface area (Å²) in [4.78, 5) is 26.2. The molecule has 6 nitrogen and oxygen atoms in total. The molecule has 0 aromatic carbocycles. The van der Waals surface area contributed by atoms with E-state index in [2.05, 4.69) is 74.7 Å². The Morgan fingerprint density at radius 2 is 0.785 bits per heavy atom. The number of allylic oxidation sites excluding steroid dienone is 8. The molecule has 0 heterocycles. The topological polar surface area (TPSA) is 95.9 Å². The molecular formula is C59H109NO5. The Balaban J connectivity index is 4.60. The van der Waals surface area contributed by atoms with E-state index in [-0.39, 0.29) is 24.9 Å². The number of nitrogens with one attached hydrogen (secondary N) is 1. The molecule has 3 unspecified atom stereocenters. The third kappa shape index (κ3) is 48.1. The average molecular weight is 913 g/mol. The fourth-order valence-corrected chi connectivity index (χ4v) is 8.55. The van der Waals surface area contributed by atoms with Gasteiger partial charge in [-0.1, -0.05) is 236 Å². The zero-order valence-corrected chi connectivity index (χ0v) is 43.4. The zero-order valence-electron chi connectivity index (χ0n) is 43.4. The van der Waals surface area contributed by atoms with Crippen molar-refractivity contribution in [3.63, 3.8) is 0 Å². The van der Waals surface area contributed by atoms with Crippen LogP contribution in [-0.2, 0) is 14.3 Å². The Hall–Kier alpha value is -2.18. The fourth-order valence-electron chi connectivity index (χ4n) is 8.55. The molecule has 0 bridgehead atoms. The summed E-state index contributed by atoms with van der Waals surface area (Å²) in [5.74, 6) is -0.522. The predicted octanol–water partition coefficient (Wildman–Crippen LogP) is 17.4. The highest BCUT2D eigenvalue weighted by Gasteiger charge is 2.24. The smallest absolute Gasteiger partial charge is 0.306 e. The number of rotatable bonds is 51. The molecule has 0 aromatic rings. The first-order valence-electron chi connectivity index (χ1n) is 28.4. The van der Waals surface area contributed by atoms with Crippen LogP contribution in [0.1, 0.15) is 290 Å². The Morgan fingerprint density at radius 3 is 1.25 bits per heavy atom. The van der Waals surface area contributed by atoms with Gasteiger partial charge in [-0.3, -0.25) is 9.59 Å². The molecule has 0 saturated heterocycles. The summed E-state index contributed by atoms with van der Waals surface area (Å²) in [6, 6.07) is -0.717. The summed E-state index contributed by atoms with van der Waals surface area (Å²) in [5.41, 5.74) is 0. The third-order valence-corrected chi connectivity index (χ3v) is 12.9. The van der Waals surface area contributed by atoms with Crippen LogP contribution < -0.4 is 5.32 Å². The van der Waals surface area contributed by atoms with E-state index < -0.39 is 18.2 Å². The van der Waals surface area contributed by atoms with E-state index in [0.29, 0.717) is 19.3 Å². The molecule has 6 heteroatoms. The monoisotopic (exact) mass is 912 g/mol. The van der Waals surface area contributed by atoms with Gasteiger partial charge in [0.1, 0.15) is 6.10 Å². The normalized spacial score (nSPS) is 13.5. The van der Waals surface area contributed by atoms with Crippen molar-refractivity contribution in [1.29, 1.82) is 0 Å². The van der Waals surface area contributed by atoms with Gasteiger partial charge in [0.15, 0.2) is 0 Å². The van der Waals surface area contributed by atoms with Gasteiger partial charge in [0, 0.05) is 6.42 Å². The van der Waals surface area contributed by atoms with Gasteiger partial charge in [-0.2, -0.15) is 0 Å². The van der Waals surface area contributed by atoms with E-state index in [0.717, 1.165) is 83.5 Å². The number of amides is 1. The Bertz CT molecular complexity index is 1110. The van der Waals surface area contributed by atoms with E-state index >= 15 is 0 Å². The van der Waals surface area contributed by atoms with Gasteiger partial charge in [0.25, 0.3) is 0 Å². The molecule has 0 spiro atoms.